The van der Waals surface area contributed by atoms with Crippen LogP contribution in [0.25, 0.3) is 0 Å². The van der Waals surface area contributed by atoms with Gasteiger partial charge in [0.2, 0.25) is 0 Å². The topological polar surface area (TPSA) is 3.24 Å². The van der Waals surface area contributed by atoms with E-state index in [4.69, 9.17) is 0 Å². The smallest absolute Gasteiger partial charge is 0.00155 e. The maximum Gasteiger partial charge on any atom is 0.00155 e. The van der Waals surface area contributed by atoms with Gasteiger partial charge in [0.15, 0.2) is 0 Å². The fourth-order valence-electron chi connectivity index (χ4n) is 6.23. The summed E-state index contributed by atoms with van der Waals surface area (Å²) in [6.45, 7) is 4.10. The Kier molecular flexibility index (Phi) is 3.15. The zero-order valence-electron chi connectivity index (χ0n) is 13.8. The van der Waals surface area contributed by atoms with Crippen LogP contribution < -0.4 is 0 Å². The van der Waals surface area contributed by atoms with Gasteiger partial charge in [0, 0.05) is 6.54 Å². The summed E-state index contributed by atoms with van der Waals surface area (Å²) >= 11 is 0. The van der Waals surface area contributed by atoms with Crippen LogP contribution in [0.1, 0.15) is 51.4 Å². The van der Waals surface area contributed by atoms with Crippen molar-refractivity contribution in [3.8, 4) is 0 Å². The summed E-state index contributed by atoms with van der Waals surface area (Å²) in [6.07, 6.45) is 21.1. The molecule has 0 radical (unpaired) electrons. The van der Waals surface area contributed by atoms with Gasteiger partial charge in [-0.2, -0.15) is 0 Å². The quantitative estimate of drug-likeness (QED) is 0.666. The van der Waals surface area contributed by atoms with Crippen LogP contribution >= 0.6 is 0 Å². The largest absolute Gasteiger partial charge is 0.303 e. The number of piperidine rings is 1. The number of rotatable bonds is 2. The van der Waals surface area contributed by atoms with Crippen molar-refractivity contribution in [2.45, 2.75) is 51.4 Å². The summed E-state index contributed by atoms with van der Waals surface area (Å²) in [5.41, 5.74) is 4.21. The minimum Gasteiger partial charge on any atom is -0.303 e. The Labute approximate surface area is 135 Å². The second-order valence-corrected chi connectivity index (χ2v) is 8.57. The molecule has 0 N–H and O–H groups in total. The van der Waals surface area contributed by atoms with E-state index in [-0.39, 0.29) is 0 Å². The first-order valence-corrected chi connectivity index (χ1v) is 9.62. The lowest BCUT2D eigenvalue weighted by molar-refractivity contribution is 0.109. The normalized spacial score (nSPS) is 39.2. The van der Waals surface area contributed by atoms with Gasteiger partial charge in [0.25, 0.3) is 0 Å². The monoisotopic (exact) mass is 295 g/mol. The van der Waals surface area contributed by atoms with Crippen LogP contribution in [0.2, 0.25) is 0 Å². The maximum absolute atomic E-state index is 2.81. The van der Waals surface area contributed by atoms with E-state index in [0.717, 1.165) is 17.8 Å². The summed E-state index contributed by atoms with van der Waals surface area (Å²) in [6, 6.07) is 0. The predicted octanol–water partition coefficient (Wildman–Crippen LogP) is 4.72. The Morgan fingerprint density at radius 3 is 2.73 bits per heavy atom. The molecule has 5 aliphatic rings. The first-order chi connectivity index (χ1) is 10.8. The van der Waals surface area contributed by atoms with E-state index in [1.807, 2.05) is 5.57 Å². The van der Waals surface area contributed by atoms with Gasteiger partial charge in [-0.15, -0.1) is 0 Å². The molecular weight excluding hydrogens is 266 g/mol. The maximum atomic E-state index is 2.81. The highest BCUT2D eigenvalue weighted by Gasteiger charge is 2.43. The average Bonchev–Trinajstić information content (AvgIpc) is 3.25. The van der Waals surface area contributed by atoms with Gasteiger partial charge in [0.1, 0.15) is 0 Å². The van der Waals surface area contributed by atoms with Crippen molar-refractivity contribution in [2.75, 3.05) is 19.6 Å². The standard InChI is InChI=1S/C21H29N/c1-2-4-20-17(3-1)7-8-21(20)9-11-22(12-10-21)15-19-14-16-5-6-18(19)13-16/h1,3,5-6,16,18-19H,2,4,7-15H2/t16?,18?,19-/m1/s1. The van der Waals surface area contributed by atoms with Gasteiger partial charge in [-0.1, -0.05) is 29.9 Å². The van der Waals surface area contributed by atoms with Gasteiger partial charge in [-0.25, -0.2) is 0 Å². The Balaban J connectivity index is 1.23. The molecule has 2 bridgehead atoms. The number of hydrogen-bond acceptors (Lipinski definition) is 1. The molecule has 1 spiro atoms. The summed E-state index contributed by atoms with van der Waals surface area (Å²) in [5.74, 6) is 2.83. The third-order valence-electron chi connectivity index (χ3n) is 7.50. The third kappa shape index (κ3) is 2.08. The zero-order chi connectivity index (χ0) is 14.6. The Bertz CT molecular complexity index is 544. The molecule has 1 nitrogen and oxygen atoms in total. The molecule has 1 aliphatic heterocycles. The summed E-state index contributed by atoms with van der Waals surface area (Å²) in [5, 5.41) is 0. The molecule has 2 fully saturated rings. The van der Waals surface area contributed by atoms with E-state index >= 15 is 0 Å². The predicted molar refractivity (Wildman–Crippen MR) is 91.6 cm³/mol. The van der Waals surface area contributed by atoms with Crippen LogP contribution in [0, 0.1) is 23.2 Å². The van der Waals surface area contributed by atoms with Gasteiger partial charge < -0.3 is 4.90 Å². The van der Waals surface area contributed by atoms with Crippen LogP contribution in [-0.2, 0) is 0 Å². The van der Waals surface area contributed by atoms with Crippen LogP contribution in [-0.4, -0.2) is 24.5 Å². The van der Waals surface area contributed by atoms with Gasteiger partial charge in [0.05, 0.1) is 0 Å². The molecule has 118 valence electrons. The van der Waals surface area contributed by atoms with Gasteiger partial charge in [-0.3, -0.25) is 0 Å². The van der Waals surface area contributed by atoms with Crippen LogP contribution in [0.4, 0.5) is 0 Å². The minimum atomic E-state index is 0.616. The number of allylic oxidation sites excluding steroid dienone is 6. The number of likely N-dealkylation sites (tertiary alicyclic amines) is 1. The fourth-order valence-corrected chi connectivity index (χ4v) is 6.23. The average molecular weight is 295 g/mol. The number of fused-ring (bicyclic) bond motifs is 3. The lowest BCUT2D eigenvalue weighted by Crippen LogP contribution is -2.42. The Morgan fingerprint density at radius 2 is 1.95 bits per heavy atom. The summed E-state index contributed by atoms with van der Waals surface area (Å²) in [7, 11) is 0. The van der Waals surface area contributed by atoms with E-state index < -0.39 is 0 Å². The molecule has 22 heavy (non-hydrogen) atoms. The van der Waals surface area contributed by atoms with Crippen molar-refractivity contribution in [3.05, 3.63) is 35.5 Å². The molecule has 0 aromatic heterocycles. The number of nitrogens with zero attached hydrogens (tertiary/aromatic N) is 1. The van der Waals surface area contributed by atoms with E-state index in [2.05, 4.69) is 29.2 Å². The second kappa shape index (κ2) is 5.09. The van der Waals surface area contributed by atoms with Crippen LogP contribution in [0.15, 0.2) is 35.5 Å². The van der Waals surface area contributed by atoms with E-state index in [1.54, 1.807) is 5.57 Å². The molecule has 0 amide bonds. The third-order valence-corrected chi connectivity index (χ3v) is 7.50. The molecule has 3 atom stereocenters. The molecule has 5 rings (SSSR count). The van der Waals surface area contributed by atoms with E-state index in [1.165, 1.54) is 71.0 Å². The van der Waals surface area contributed by atoms with Crippen LogP contribution in [0.5, 0.6) is 0 Å². The minimum absolute atomic E-state index is 0.616. The SMILES string of the molecule is C1=CC2=C(CC1)C1(CC2)CCN(C[C@H]2CC3C=CC2C3)CC1. The summed E-state index contributed by atoms with van der Waals surface area (Å²) < 4.78 is 0. The fraction of sp³-hybridized carbons (Fsp3) is 0.714. The summed E-state index contributed by atoms with van der Waals surface area (Å²) in [4.78, 5) is 2.81. The first kappa shape index (κ1) is 13.6. The second-order valence-electron chi connectivity index (χ2n) is 8.57. The van der Waals surface area contributed by atoms with Crippen molar-refractivity contribution in [1.82, 2.24) is 4.90 Å². The number of hydrogen-bond donors (Lipinski definition) is 0. The molecule has 0 aromatic rings. The van der Waals surface area contributed by atoms with Crippen molar-refractivity contribution in [1.29, 1.82) is 0 Å². The van der Waals surface area contributed by atoms with Crippen molar-refractivity contribution in [3.63, 3.8) is 0 Å². The highest BCUT2D eigenvalue weighted by atomic mass is 15.1. The van der Waals surface area contributed by atoms with Crippen molar-refractivity contribution in [2.24, 2.45) is 23.2 Å². The Hall–Kier alpha value is -0.820. The van der Waals surface area contributed by atoms with Crippen molar-refractivity contribution < 1.29 is 0 Å². The molecular formula is C21H29N. The van der Waals surface area contributed by atoms with Gasteiger partial charge in [-0.05, 0) is 93.2 Å². The van der Waals surface area contributed by atoms with E-state index in [0.29, 0.717) is 5.41 Å². The highest BCUT2D eigenvalue weighted by Crippen LogP contribution is 2.53. The molecule has 1 heterocycles. The molecule has 2 unspecified atom stereocenters. The molecule has 4 aliphatic carbocycles. The molecule has 1 saturated heterocycles. The lowest BCUT2D eigenvalue weighted by atomic mass is 9.71. The zero-order valence-corrected chi connectivity index (χ0v) is 13.8. The van der Waals surface area contributed by atoms with Gasteiger partial charge >= 0.3 is 0 Å². The Morgan fingerprint density at radius 1 is 1.05 bits per heavy atom. The first-order valence-electron chi connectivity index (χ1n) is 9.62. The molecule has 0 aromatic carbocycles. The lowest BCUT2D eigenvalue weighted by Gasteiger charge is -2.43. The molecule has 1 saturated carbocycles. The highest BCUT2D eigenvalue weighted by molar-refractivity contribution is 5.38. The van der Waals surface area contributed by atoms with Crippen LogP contribution in [0.3, 0.4) is 0 Å². The molecule has 1 heteroatoms. The van der Waals surface area contributed by atoms with Crippen molar-refractivity contribution >= 4 is 0 Å². The van der Waals surface area contributed by atoms with E-state index in [9.17, 15) is 0 Å².